The summed E-state index contributed by atoms with van der Waals surface area (Å²) in [5.74, 6) is -0.418. The number of benzene rings is 2. The van der Waals surface area contributed by atoms with Gasteiger partial charge in [0.05, 0.1) is 0 Å². The van der Waals surface area contributed by atoms with Crippen LogP contribution < -0.4 is 0 Å². The van der Waals surface area contributed by atoms with Gasteiger partial charge in [0.2, 0.25) is 0 Å². The van der Waals surface area contributed by atoms with Gasteiger partial charge >= 0.3 is 0 Å². The first kappa shape index (κ1) is 12.6. The van der Waals surface area contributed by atoms with Gasteiger partial charge in [-0.1, -0.05) is 39.7 Å². The Balaban J connectivity index is 2.43. The fraction of sp³-hybridized carbons (Fsp3) is 0.0769. The van der Waals surface area contributed by atoms with E-state index in [1.807, 2.05) is 6.07 Å². The molecule has 1 atom stereocenters. The Labute approximate surface area is 112 Å². The third-order valence-electron chi connectivity index (χ3n) is 2.42. The molecule has 2 rings (SSSR count). The summed E-state index contributed by atoms with van der Waals surface area (Å²) >= 11 is 9.26. The number of halogens is 3. The van der Waals surface area contributed by atoms with Crippen LogP contribution in [0.3, 0.4) is 0 Å². The molecule has 0 amide bonds. The summed E-state index contributed by atoms with van der Waals surface area (Å²) in [6.45, 7) is 0. The predicted octanol–water partition coefficient (Wildman–Crippen LogP) is 4.32. The summed E-state index contributed by atoms with van der Waals surface area (Å²) in [6.07, 6.45) is -0.935. The minimum atomic E-state index is -0.935. The monoisotopic (exact) mass is 314 g/mol. The highest BCUT2D eigenvalue weighted by Crippen LogP contribution is 2.29. The van der Waals surface area contributed by atoms with Crippen LogP contribution in [0.25, 0.3) is 0 Å². The molecule has 0 heterocycles. The first-order valence-corrected chi connectivity index (χ1v) is 6.13. The van der Waals surface area contributed by atoms with Crippen molar-refractivity contribution in [2.45, 2.75) is 6.10 Å². The third kappa shape index (κ3) is 2.86. The van der Waals surface area contributed by atoms with Gasteiger partial charge in [-0.05, 0) is 35.9 Å². The fourth-order valence-electron chi connectivity index (χ4n) is 1.58. The maximum atomic E-state index is 13.1. The first-order valence-electron chi connectivity index (χ1n) is 4.96. The summed E-state index contributed by atoms with van der Waals surface area (Å²) < 4.78 is 14.0. The zero-order valence-corrected chi connectivity index (χ0v) is 11.0. The molecule has 2 aromatic rings. The molecular weight excluding hydrogens is 306 g/mol. The second kappa shape index (κ2) is 5.17. The Morgan fingerprint density at radius 1 is 1.18 bits per heavy atom. The summed E-state index contributed by atoms with van der Waals surface area (Å²) in [5.41, 5.74) is 1.02. The highest BCUT2D eigenvalue weighted by atomic mass is 79.9. The predicted molar refractivity (Wildman–Crippen MR) is 69.6 cm³/mol. The third-order valence-corrected chi connectivity index (χ3v) is 3.25. The molecule has 0 aliphatic heterocycles. The Kier molecular flexibility index (Phi) is 3.82. The van der Waals surface area contributed by atoms with Gasteiger partial charge in [0.25, 0.3) is 0 Å². The van der Waals surface area contributed by atoms with Crippen molar-refractivity contribution in [1.29, 1.82) is 0 Å². The number of aliphatic hydroxyl groups is 1. The maximum Gasteiger partial charge on any atom is 0.123 e. The van der Waals surface area contributed by atoms with Crippen LogP contribution in [0.15, 0.2) is 46.9 Å². The minimum absolute atomic E-state index is 0.346. The molecule has 17 heavy (non-hydrogen) atoms. The van der Waals surface area contributed by atoms with E-state index in [9.17, 15) is 9.50 Å². The van der Waals surface area contributed by atoms with E-state index in [1.54, 1.807) is 18.2 Å². The van der Waals surface area contributed by atoms with Crippen molar-refractivity contribution in [3.63, 3.8) is 0 Å². The maximum absolute atomic E-state index is 13.1. The summed E-state index contributed by atoms with van der Waals surface area (Å²) in [7, 11) is 0. The highest BCUT2D eigenvalue weighted by molar-refractivity contribution is 9.10. The molecule has 0 spiro atoms. The van der Waals surface area contributed by atoms with Crippen molar-refractivity contribution < 1.29 is 9.50 Å². The lowest BCUT2D eigenvalue weighted by Crippen LogP contribution is -2.01. The van der Waals surface area contributed by atoms with Crippen LogP contribution in [0.2, 0.25) is 5.02 Å². The molecule has 0 radical (unpaired) electrons. The zero-order chi connectivity index (χ0) is 12.4. The molecule has 0 aliphatic rings. The van der Waals surface area contributed by atoms with E-state index in [0.717, 1.165) is 4.47 Å². The second-order valence-corrected chi connectivity index (χ2v) is 4.95. The highest BCUT2D eigenvalue weighted by Gasteiger charge is 2.14. The molecule has 0 saturated heterocycles. The molecule has 2 aromatic carbocycles. The molecule has 0 fully saturated rings. The van der Waals surface area contributed by atoms with Crippen molar-refractivity contribution in [2.24, 2.45) is 0 Å². The number of hydrogen-bond acceptors (Lipinski definition) is 1. The van der Waals surface area contributed by atoms with Crippen LogP contribution in [0.5, 0.6) is 0 Å². The average molecular weight is 316 g/mol. The number of rotatable bonds is 2. The van der Waals surface area contributed by atoms with Gasteiger partial charge in [-0.3, -0.25) is 0 Å². The van der Waals surface area contributed by atoms with E-state index in [-0.39, 0.29) is 0 Å². The van der Waals surface area contributed by atoms with Gasteiger partial charge in [-0.15, -0.1) is 0 Å². The van der Waals surface area contributed by atoms with Gasteiger partial charge in [0.15, 0.2) is 0 Å². The average Bonchev–Trinajstić information content (AvgIpc) is 2.31. The molecule has 1 unspecified atom stereocenters. The van der Waals surface area contributed by atoms with Gasteiger partial charge in [0.1, 0.15) is 11.9 Å². The molecule has 0 saturated carbocycles. The Morgan fingerprint density at radius 3 is 2.65 bits per heavy atom. The van der Waals surface area contributed by atoms with E-state index in [2.05, 4.69) is 15.9 Å². The van der Waals surface area contributed by atoms with E-state index in [1.165, 1.54) is 18.2 Å². The van der Waals surface area contributed by atoms with Crippen molar-refractivity contribution in [2.75, 3.05) is 0 Å². The lowest BCUT2D eigenvalue weighted by atomic mass is 10.0. The van der Waals surface area contributed by atoms with Crippen LogP contribution in [0, 0.1) is 5.82 Å². The minimum Gasteiger partial charge on any atom is -0.384 e. The lowest BCUT2D eigenvalue weighted by molar-refractivity contribution is 0.220. The van der Waals surface area contributed by atoms with Crippen molar-refractivity contribution in [1.82, 2.24) is 0 Å². The van der Waals surface area contributed by atoms with Crippen LogP contribution >= 0.6 is 27.5 Å². The van der Waals surface area contributed by atoms with Gasteiger partial charge < -0.3 is 5.11 Å². The summed E-state index contributed by atoms with van der Waals surface area (Å²) in [6, 6.07) is 11.1. The SMILES string of the molecule is OC(c1cccc(Br)c1)c1cc(F)ccc1Cl. The van der Waals surface area contributed by atoms with Crippen LogP contribution in [-0.4, -0.2) is 5.11 Å². The first-order chi connectivity index (χ1) is 8.08. The fourth-order valence-corrected chi connectivity index (χ4v) is 2.22. The Hall–Kier alpha value is -0.900. The van der Waals surface area contributed by atoms with Crippen molar-refractivity contribution in [3.8, 4) is 0 Å². The van der Waals surface area contributed by atoms with Crippen LogP contribution in [0.1, 0.15) is 17.2 Å². The normalized spacial score (nSPS) is 12.5. The molecule has 0 aromatic heterocycles. The smallest absolute Gasteiger partial charge is 0.123 e. The van der Waals surface area contributed by atoms with E-state index >= 15 is 0 Å². The van der Waals surface area contributed by atoms with E-state index in [4.69, 9.17) is 11.6 Å². The topological polar surface area (TPSA) is 20.2 Å². The molecule has 1 N–H and O–H groups in total. The molecule has 1 nitrogen and oxygen atoms in total. The van der Waals surface area contributed by atoms with Crippen molar-refractivity contribution >= 4 is 27.5 Å². The molecule has 88 valence electrons. The lowest BCUT2D eigenvalue weighted by Gasteiger charge is -2.13. The standard InChI is InChI=1S/C13H9BrClFO/c14-9-3-1-2-8(6-9)13(17)11-7-10(16)4-5-12(11)15/h1-7,13,17H. The van der Waals surface area contributed by atoms with Gasteiger partial charge in [0, 0.05) is 15.1 Å². The van der Waals surface area contributed by atoms with Crippen molar-refractivity contribution in [3.05, 3.63) is 68.9 Å². The van der Waals surface area contributed by atoms with E-state index < -0.39 is 11.9 Å². The zero-order valence-electron chi connectivity index (χ0n) is 8.70. The van der Waals surface area contributed by atoms with Gasteiger partial charge in [-0.2, -0.15) is 0 Å². The Morgan fingerprint density at radius 2 is 1.94 bits per heavy atom. The van der Waals surface area contributed by atoms with E-state index in [0.29, 0.717) is 16.1 Å². The number of aliphatic hydroxyl groups excluding tert-OH is 1. The van der Waals surface area contributed by atoms with Crippen LogP contribution in [-0.2, 0) is 0 Å². The largest absolute Gasteiger partial charge is 0.384 e. The molecule has 0 aliphatic carbocycles. The Bertz CT molecular complexity index is 545. The summed E-state index contributed by atoms with van der Waals surface area (Å²) in [4.78, 5) is 0. The summed E-state index contributed by atoms with van der Waals surface area (Å²) in [5, 5.41) is 10.5. The molecule has 4 heteroatoms. The molecule has 0 bridgehead atoms. The second-order valence-electron chi connectivity index (χ2n) is 3.62. The quantitative estimate of drug-likeness (QED) is 0.875. The van der Waals surface area contributed by atoms with Gasteiger partial charge in [-0.25, -0.2) is 4.39 Å². The molecular formula is C13H9BrClFO. The van der Waals surface area contributed by atoms with Crippen LogP contribution in [0.4, 0.5) is 4.39 Å². The number of hydrogen-bond donors (Lipinski definition) is 1.